The smallest absolute Gasteiger partial charge is 0.343 e. The number of phenolic OH excluding ortho intramolecular Hbond substituents is 1. The van der Waals surface area contributed by atoms with Crippen molar-refractivity contribution in [3.05, 3.63) is 82.4 Å². The van der Waals surface area contributed by atoms with E-state index in [1.165, 1.54) is 36.5 Å². The van der Waals surface area contributed by atoms with Gasteiger partial charge < -0.3 is 19.3 Å². The van der Waals surface area contributed by atoms with Gasteiger partial charge in [0.05, 0.1) is 17.3 Å². The number of ether oxygens (including phenoxy) is 3. The Hall–Kier alpha value is -4.04. The van der Waals surface area contributed by atoms with Gasteiger partial charge in [-0.05, 0) is 48.5 Å². The molecule has 0 spiro atoms. The van der Waals surface area contributed by atoms with E-state index in [0.717, 1.165) is 0 Å². The molecule has 0 radical (unpaired) electrons. The minimum atomic E-state index is -0.617. The van der Waals surface area contributed by atoms with Gasteiger partial charge in [0.25, 0.3) is 5.91 Å². The van der Waals surface area contributed by atoms with E-state index in [2.05, 4.69) is 10.5 Å². The SMILES string of the molecule is O=C(Oc1ccc(Cl)cc1C=NNC(=O)c1ccccc1O)c1ccc2c(c1)OCO2. The highest BCUT2D eigenvalue weighted by atomic mass is 35.5. The zero-order valence-corrected chi connectivity index (χ0v) is 16.6. The van der Waals surface area contributed by atoms with Crippen molar-refractivity contribution in [3.63, 3.8) is 0 Å². The second-order valence-corrected chi connectivity index (χ2v) is 6.79. The first-order valence-electron chi connectivity index (χ1n) is 9.04. The fourth-order valence-electron chi connectivity index (χ4n) is 2.78. The summed E-state index contributed by atoms with van der Waals surface area (Å²) >= 11 is 6.04. The number of phenols is 1. The highest BCUT2D eigenvalue weighted by Crippen LogP contribution is 2.33. The molecule has 0 aliphatic carbocycles. The largest absolute Gasteiger partial charge is 0.507 e. The summed E-state index contributed by atoms with van der Waals surface area (Å²) in [4.78, 5) is 24.7. The summed E-state index contributed by atoms with van der Waals surface area (Å²) in [5.41, 5.74) is 3.01. The zero-order chi connectivity index (χ0) is 21.8. The Morgan fingerprint density at radius 2 is 1.87 bits per heavy atom. The van der Waals surface area contributed by atoms with Crippen LogP contribution in [-0.4, -0.2) is 30.0 Å². The maximum Gasteiger partial charge on any atom is 0.343 e. The van der Waals surface area contributed by atoms with Crippen LogP contribution in [0.4, 0.5) is 0 Å². The molecule has 0 saturated carbocycles. The Kier molecular flexibility index (Phi) is 5.72. The predicted octanol–water partition coefficient (Wildman–Crippen LogP) is 3.76. The van der Waals surface area contributed by atoms with Crippen LogP contribution in [-0.2, 0) is 0 Å². The van der Waals surface area contributed by atoms with Crippen LogP contribution >= 0.6 is 11.6 Å². The first-order chi connectivity index (χ1) is 15.0. The number of halogens is 1. The third-order valence-electron chi connectivity index (χ3n) is 4.30. The van der Waals surface area contributed by atoms with Crippen LogP contribution in [0.5, 0.6) is 23.0 Å². The summed E-state index contributed by atoms with van der Waals surface area (Å²) in [6.07, 6.45) is 1.28. The first kappa shape index (κ1) is 20.2. The minimum Gasteiger partial charge on any atom is -0.507 e. The lowest BCUT2D eigenvalue weighted by Gasteiger charge is -2.08. The van der Waals surface area contributed by atoms with Crippen molar-refractivity contribution >= 4 is 29.7 Å². The second kappa shape index (κ2) is 8.76. The van der Waals surface area contributed by atoms with E-state index in [1.54, 1.807) is 30.3 Å². The number of amides is 1. The maximum atomic E-state index is 12.6. The number of benzene rings is 3. The van der Waals surface area contributed by atoms with Crippen molar-refractivity contribution in [1.82, 2.24) is 5.43 Å². The lowest BCUT2D eigenvalue weighted by atomic mass is 10.2. The van der Waals surface area contributed by atoms with Crippen LogP contribution in [0, 0.1) is 0 Å². The summed E-state index contributed by atoms with van der Waals surface area (Å²) in [7, 11) is 0. The maximum absolute atomic E-state index is 12.6. The van der Waals surface area contributed by atoms with Gasteiger partial charge >= 0.3 is 5.97 Å². The standard InChI is InChI=1S/C22H15ClN2O6/c23-15-6-8-18(31-22(28)13-5-7-19-20(10-13)30-12-29-19)14(9-15)11-24-25-21(27)16-3-1-2-4-17(16)26/h1-11,26H,12H2,(H,25,27). The van der Waals surface area contributed by atoms with Gasteiger partial charge in [-0.15, -0.1) is 0 Å². The average Bonchev–Trinajstić information content (AvgIpc) is 3.23. The Morgan fingerprint density at radius 3 is 2.71 bits per heavy atom. The van der Waals surface area contributed by atoms with Crippen LogP contribution in [0.2, 0.25) is 5.02 Å². The van der Waals surface area contributed by atoms with Crippen LogP contribution < -0.4 is 19.6 Å². The van der Waals surface area contributed by atoms with Crippen molar-refractivity contribution < 1.29 is 28.9 Å². The zero-order valence-electron chi connectivity index (χ0n) is 15.9. The number of hydrogen-bond donors (Lipinski definition) is 2. The molecule has 3 aromatic rings. The second-order valence-electron chi connectivity index (χ2n) is 6.36. The molecule has 0 aromatic heterocycles. The van der Waals surface area contributed by atoms with Gasteiger partial charge in [0.1, 0.15) is 11.5 Å². The molecule has 0 bridgehead atoms. The molecule has 9 heteroatoms. The van der Waals surface area contributed by atoms with Crippen LogP contribution in [0.25, 0.3) is 0 Å². The van der Waals surface area contributed by atoms with Gasteiger partial charge in [0.15, 0.2) is 11.5 Å². The summed E-state index contributed by atoms with van der Waals surface area (Å²) in [6.45, 7) is 0.0953. The number of aromatic hydroxyl groups is 1. The predicted molar refractivity (Wildman–Crippen MR) is 112 cm³/mol. The van der Waals surface area contributed by atoms with Crippen molar-refractivity contribution in [3.8, 4) is 23.0 Å². The van der Waals surface area contributed by atoms with Gasteiger partial charge in [-0.2, -0.15) is 5.10 Å². The van der Waals surface area contributed by atoms with Crippen LogP contribution in [0.1, 0.15) is 26.3 Å². The summed E-state index contributed by atoms with van der Waals surface area (Å²) in [5.74, 6) is -0.192. The molecule has 1 heterocycles. The summed E-state index contributed by atoms with van der Waals surface area (Å²) < 4.78 is 16.0. The Labute approximate surface area is 181 Å². The molecule has 1 aliphatic rings. The molecule has 0 saturated heterocycles. The number of nitrogens with zero attached hydrogens (tertiary/aromatic N) is 1. The molecule has 0 unspecified atom stereocenters. The monoisotopic (exact) mass is 438 g/mol. The van der Waals surface area contributed by atoms with E-state index in [4.69, 9.17) is 25.8 Å². The van der Waals surface area contributed by atoms with E-state index >= 15 is 0 Å². The van der Waals surface area contributed by atoms with Crippen molar-refractivity contribution in [2.24, 2.45) is 5.10 Å². The molecule has 3 aromatic carbocycles. The molecule has 1 amide bonds. The molecule has 1 aliphatic heterocycles. The lowest BCUT2D eigenvalue weighted by molar-refractivity contribution is 0.0733. The van der Waals surface area contributed by atoms with Gasteiger partial charge in [-0.3, -0.25) is 4.79 Å². The normalized spacial score (nSPS) is 12.0. The number of esters is 1. The van der Waals surface area contributed by atoms with E-state index in [9.17, 15) is 14.7 Å². The van der Waals surface area contributed by atoms with Gasteiger partial charge in [-0.25, -0.2) is 10.2 Å². The van der Waals surface area contributed by atoms with Gasteiger partial charge in [0.2, 0.25) is 6.79 Å². The Bertz CT molecular complexity index is 1190. The van der Waals surface area contributed by atoms with Crippen molar-refractivity contribution in [1.29, 1.82) is 0 Å². The molecular formula is C22H15ClN2O6. The minimum absolute atomic E-state index is 0.0696. The first-order valence-corrected chi connectivity index (χ1v) is 9.42. The molecule has 0 atom stereocenters. The molecule has 8 nitrogen and oxygen atoms in total. The fraction of sp³-hybridized carbons (Fsp3) is 0.0455. The highest BCUT2D eigenvalue weighted by Gasteiger charge is 2.18. The molecule has 156 valence electrons. The molecule has 4 rings (SSSR count). The van der Waals surface area contributed by atoms with Crippen molar-refractivity contribution in [2.45, 2.75) is 0 Å². The number of fused-ring (bicyclic) bond motifs is 1. The van der Waals surface area contributed by atoms with Crippen molar-refractivity contribution in [2.75, 3.05) is 6.79 Å². The van der Waals surface area contributed by atoms with E-state index in [1.807, 2.05) is 0 Å². The Morgan fingerprint density at radius 1 is 1.06 bits per heavy atom. The lowest BCUT2D eigenvalue weighted by Crippen LogP contribution is -2.17. The molecular weight excluding hydrogens is 424 g/mol. The number of nitrogens with one attached hydrogen (secondary N) is 1. The molecule has 2 N–H and O–H groups in total. The molecule has 31 heavy (non-hydrogen) atoms. The third kappa shape index (κ3) is 4.59. The van der Waals surface area contributed by atoms with Gasteiger partial charge in [0, 0.05) is 10.6 Å². The topological polar surface area (TPSA) is 106 Å². The number of carbonyl (C=O) groups excluding carboxylic acids is 2. The summed E-state index contributed by atoms with van der Waals surface area (Å²) in [6, 6.07) is 15.4. The number of hydrazone groups is 1. The highest BCUT2D eigenvalue weighted by molar-refractivity contribution is 6.31. The van der Waals surface area contributed by atoms with Crippen LogP contribution in [0.15, 0.2) is 65.8 Å². The quantitative estimate of drug-likeness (QED) is 0.272. The number of carbonyl (C=O) groups is 2. The number of hydrogen-bond acceptors (Lipinski definition) is 7. The van der Waals surface area contributed by atoms with E-state index in [0.29, 0.717) is 22.1 Å². The van der Waals surface area contributed by atoms with E-state index < -0.39 is 11.9 Å². The third-order valence-corrected chi connectivity index (χ3v) is 4.54. The van der Waals surface area contributed by atoms with Gasteiger partial charge in [-0.1, -0.05) is 23.7 Å². The summed E-state index contributed by atoms with van der Waals surface area (Å²) in [5, 5.41) is 14.0. The number of rotatable bonds is 5. The number of para-hydroxylation sites is 1. The Balaban J connectivity index is 1.49. The van der Waals surface area contributed by atoms with Crippen LogP contribution in [0.3, 0.4) is 0 Å². The average molecular weight is 439 g/mol. The molecule has 0 fully saturated rings. The van der Waals surface area contributed by atoms with E-state index in [-0.39, 0.29) is 29.4 Å². The fourth-order valence-corrected chi connectivity index (χ4v) is 2.96.